The Labute approximate surface area is 81.9 Å². The van der Waals surface area contributed by atoms with Crippen molar-refractivity contribution >= 4 is 0 Å². The fourth-order valence-corrected chi connectivity index (χ4v) is 1.93. The summed E-state index contributed by atoms with van der Waals surface area (Å²) in [6.07, 6.45) is 1.89. The number of rotatable bonds is 3. The van der Waals surface area contributed by atoms with E-state index in [9.17, 15) is 8.78 Å². The molecule has 2 rings (SSSR count). The van der Waals surface area contributed by atoms with Gasteiger partial charge < -0.3 is 5.73 Å². The Bertz CT molecular complexity index is 345. The minimum Gasteiger partial charge on any atom is -0.330 e. The third-order valence-corrected chi connectivity index (χ3v) is 3.07. The quantitative estimate of drug-likeness (QED) is 0.790. The third kappa shape index (κ3) is 1.32. The van der Waals surface area contributed by atoms with E-state index in [1.165, 1.54) is 6.07 Å². The molecule has 1 fully saturated rings. The van der Waals surface area contributed by atoms with E-state index in [1.54, 1.807) is 12.1 Å². The fraction of sp³-hybridized carbons (Fsp3) is 0.455. The van der Waals surface area contributed by atoms with Crippen LogP contribution < -0.4 is 5.73 Å². The molecule has 0 radical (unpaired) electrons. The summed E-state index contributed by atoms with van der Waals surface area (Å²) >= 11 is 0. The number of halogens is 2. The lowest BCUT2D eigenvalue weighted by molar-refractivity contribution is 0.455. The van der Waals surface area contributed by atoms with Gasteiger partial charge in [0.25, 0.3) is 0 Å². The summed E-state index contributed by atoms with van der Waals surface area (Å²) in [6.45, 7) is -0.271. The first-order valence-electron chi connectivity index (χ1n) is 4.77. The minimum atomic E-state index is -0.746. The summed E-state index contributed by atoms with van der Waals surface area (Å²) < 4.78 is 25.9. The van der Waals surface area contributed by atoms with Gasteiger partial charge in [-0.3, -0.25) is 0 Å². The zero-order chi connectivity index (χ0) is 10.2. The molecule has 0 saturated heterocycles. The van der Waals surface area contributed by atoms with Crippen LogP contribution in [-0.2, 0) is 12.1 Å². The molecule has 0 aliphatic heterocycles. The average molecular weight is 197 g/mol. The summed E-state index contributed by atoms with van der Waals surface area (Å²) in [6, 6.07) is 4.71. The molecule has 3 heteroatoms. The van der Waals surface area contributed by atoms with Crippen LogP contribution in [-0.4, -0.2) is 6.54 Å². The number of alkyl halides is 1. The lowest BCUT2D eigenvalue weighted by Crippen LogP contribution is -2.21. The maximum absolute atomic E-state index is 13.3. The molecule has 0 heterocycles. The highest BCUT2D eigenvalue weighted by molar-refractivity contribution is 5.39. The molecule has 76 valence electrons. The molecule has 2 N–H and O–H groups in total. The Balaban J connectivity index is 2.47. The van der Waals surface area contributed by atoms with E-state index in [2.05, 4.69) is 0 Å². The number of benzene rings is 1. The van der Waals surface area contributed by atoms with Crippen LogP contribution in [0.3, 0.4) is 0 Å². The van der Waals surface area contributed by atoms with Crippen molar-refractivity contribution in [3.8, 4) is 0 Å². The van der Waals surface area contributed by atoms with Crippen LogP contribution in [0.15, 0.2) is 18.2 Å². The van der Waals surface area contributed by atoms with E-state index < -0.39 is 12.5 Å². The first-order chi connectivity index (χ1) is 6.73. The zero-order valence-electron chi connectivity index (χ0n) is 7.89. The van der Waals surface area contributed by atoms with Crippen molar-refractivity contribution in [2.24, 2.45) is 5.73 Å². The monoisotopic (exact) mass is 197 g/mol. The SMILES string of the molecule is NCC1(c2cccc(F)c2CF)CC1. The highest BCUT2D eigenvalue weighted by atomic mass is 19.1. The minimum absolute atomic E-state index is 0.135. The highest BCUT2D eigenvalue weighted by Crippen LogP contribution is 2.48. The molecule has 1 aliphatic rings. The zero-order valence-corrected chi connectivity index (χ0v) is 7.89. The third-order valence-electron chi connectivity index (χ3n) is 3.07. The molecule has 1 aromatic carbocycles. The predicted molar refractivity (Wildman–Crippen MR) is 51.2 cm³/mol. The summed E-state index contributed by atoms with van der Waals surface area (Å²) in [5.74, 6) is -0.454. The summed E-state index contributed by atoms with van der Waals surface area (Å²) in [5, 5.41) is 0. The lowest BCUT2D eigenvalue weighted by atomic mass is 9.91. The van der Waals surface area contributed by atoms with Crippen LogP contribution in [0.1, 0.15) is 24.0 Å². The van der Waals surface area contributed by atoms with Gasteiger partial charge in [0.15, 0.2) is 0 Å². The first-order valence-corrected chi connectivity index (χ1v) is 4.77. The van der Waals surface area contributed by atoms with Crippen molar-refractivity contribution in [3.05, 3.63) is 35.1 Å². The fourth-order valence-electron chi connectivity index (χ4n) is 1.93. The standard InChI is InChI=1S/C11H13F2N/c12-6-8-9(2-1-3-10(8)13)11(7-14)4-5-11/h1-3H,4-7,14H2. The van der Waals surface area contributed by atoms with Crippen LogP contribution in [0.5, 0.6) is 0 Å². The first kappa shape index (κ1) is 9.59. The van der Waals surface area contributed by atoms with Gasteiger partial charge >= 0.3 is 0 Å². The second-order valence-corrected chi connectivity index (χ2v) is 3.88. The van der Waals surface area contributed by atoms with Gasteiger partial charge in [-0.25, -0.2) is 8.78 Å². The van der Waals surface area contributed by atoms with E-state index in [1.807, 2.05) is 0 Å². The van der Waals surface area contributed by atoms with Crippen LogP contribution >= 0.6 is 0 Å². The Hall–Kier alpha value is -0.960. The van der Waals surface area contributed by atoms with Crippen LogP contribution in [0.25, 0.3) is 0 Å². The average Bonchev–Trinajstić information content (AvgIpc) is 2.98. The molecule has 0 bridgehead atoms. The van der Waals surface area contributed by atoms with Crippen molar-refractivity contribution in [1.82, 2.24) is 0 Å². The van der Waals surface area contributed by atoms with E-state index in [-0.39, 0.29) is 11.0 Å². The maximum atomic E-state index is 13.3. The van der Waals surface area contributed by atoms with E-state index in [0.29, 0.717) is 6.54 Å². The van der Waals surface area contributed by atoms with Crippen molar-refractivity contribution in [2.75, 3.05) is 6.54 Å². The van der Waals surface area contributed by atoms with Crippen LogP contribution in [0, 0.1) is 5.82 Å². The molecule has 0 aromatic heterocycles. The smallest absolute Gasteiger partial charge is 0.129 e. The number of nitrogens with two attached hydrogens (primary N) is 1. The molecule has 1 nitrogen and oxygen atoms in total. The molecule has 0 spiro atoms. The number of hydrogen-bond donors (Lipinski definition) is 1. The summed E-state index contributed by atoms with van der Waals surface area (Å²) in [5.41, 5.74) is 6.45. The summed E-state index contributed by atoms with van der Waals surface area (Å²) in [7, 11) is 0. The van der Waals surface area contributed by atoms with Gasteiger partial charge in [-0.1, -0.05) is 12.1 Å². The van der Waals surface area contributed by atoms with E-state index >= 15 is 0 Å². The van der Waals surface area contributed by atoms with Gasteiger partial charge in [-0.05, 0) is 24.5 Å². The molecule has 0 amide bonds. The maximum Gasteiger partial charge on any atom is 0.129 e. The van der Waals surface area contributed by atoms with Crippen molar-refractivity contribution in [1.29, 1.82) is 0 Å². The highest BCUT2D eigenvalue weighted by Gasteiger charge is 2.44. The molecule has 0 unspecified atom stereocenters. The topological polar surface area (TPSA) is 26.0 Å². The van der Waals surface area contributed by atoms with Gasteiger partial charge in [0.1, 0.15) is 12.5 Å². The van der Waals surface area contributed by atoms with E-state index in [0.717, 1.165) is 18.4 Å². The van der Waals surface area contributed by atoms with Crippen molar-refractivity contribution < 1.29 is 8.78 Å². The molecule has 1 saturated carbocycles. The normalized spacial score (nSPS) is 18.2. The Morgan fingerprint density at radius 1 is 1.36 bits per heavy atom. The van der Waals surface area contributed by atoms with Gasteiger partial charge in [0.2, 0.25) is 0 Å². The molecule has 14 heavy (non-hydrogen) atoms. The van der Waals surface area contributed by atoms with Crippen LogP contribution in [0.4, 0.5) is 8.78 Å². The van der Waals surface area contributed by atoms with E-state index in [4.69, 9.17) is 5.73 Å². The van der Waals surface area contributed by atoms with Gasteiger partial charge in [-0.15, -0.1) is 0 Å². The molecular weight excluding hydrogens is 184 g/mol. The second kappa shape index (κ2) is 3.31. The summed E-state index contributed by atoms with van der Waals surface area (Å²) in [4.78, 5) is 0. The lowest BCUT2D eigenvalue weighted by Gasteiger charge is -2.16. The molecule has 1 aromatic rings. The Morgan fingerprint density at radius 3 is 2.57 bits per heavy atom. The molecular formula is C11H13F2N. The Kier molecular flexibility index (Phi) is 2.27. The molecule has 1 aliphatic carbocycles. The van der Waals surface area contributed by atoms with Gasteiger partial charge in [-0.2, -0.15) is 0 Å². The van der Waals surface area contributed by atoms with Crippen molar-refractivity contribution in [3.63, 3.8) is 0 Å². The van der Waals surface area contributed by atoms with Gasteiger partial charge in [0.05, 0.1) is 0 Å². The number of hydrogen-bond acceptors (Lipinski definition) is 1. The molecule has 0 atom stereocenters. The van der Waals surface area contributed by atoms with Crippen molar-refractivity contribution in [2.45, 2.75) is 24.9 Å². The Morgan fingerprint density at radius 2 is 2.07 bits per heavy atom. The van der Waals surface area contributed by atoms with Gasteiger partial charge in [0, 0.05) is 17.5 Å². The largest absolute Gasteiger partial charge is 0.330 e. The predicted octanol–water partition coefficient (Wildman–Crippen LogP) is 2.29. The van der Waals surface area contributed by atoms with Crippen LogP contribution in [0.2, 0.25) is 0 Å². The second-order valence-electron chi connectivity index (χ2n) is 3.88.